The summed E-state index contributed by atoms with van der Waals surface area (Å²) in [6, 6.07) is 10.8. The second-order valence-corrected chi connectivity index (χ2v) is 9.84. The molecule has 0 radical (unpaired) electrons. The maximum atomic E-state index is 11.7. The number of rotatable bonds is 9. The molecular formula is C22H27N5O4S. The van der Waals surface area contributed by atoms with Crippen molar-refractivity contribution in [3.05, 3.63) is 54.0 Å². The predicted molar refractivity (Wildman–Crippen MR) is 120 cm³/mol. The van der Waals surface area contributed by atoms with Crippen molar-refractivity contribution in [3.8, 4) is 11.4 Å². The van der Waals surface area contributed by atoms with Gasteiger partial charge in [-0.15, -0.1) is 0 Å². The summed E-state index contributed by atoms with van der Waals surface area (Å²) in [6.07, 6.45) is 4.88. The standard InChI is InChI=1S/C22H27N5O4S/c1-30-14-12-24-20-18(5-3-11-23-20)21-25-22(31-26-21)19-6-4-13-27(19)15-16-7-9-17(10-8-16)32(2,28)29/h3,5,7-11,19H,4,6,12-15H2,1-2H3,(H,23,24)/t19-/m0/s1. The number of nitrogens with one attached hydrogen (secondary N) is 1. The van der Waals surface area contributed by atoms with E-state index in [1.165, 1.54) is 6.26 Å². The molecule has 1 saturated heterocycles. The smallest absolute Gasteiger partial charge is 0.244 e. The van der Waals surface area contributed by atoms with Crippen molar-refractivity contribution < 1.29 is 17.7 Å². The number of benzene rings is 1. The average Bonchev–Trinajstić information content (AvgIpc) is 3.43. The zero-order chi connectivity index (χ0) is 22.6. The first-order valence-electron chi connectivity index (χ1n) is 10.5. The molecular weight excluding hydrogens is 430 g/mol. The van der Waals surface area contributed by atoms with E-state index in [1.54, 1.807) is 25.4 Å². The minimum atomic E-state index is -3.20. The van der Waals surface area contributed by atoms with Crippen molar-refractivity contribution >= 4 is 15.7 Å². The second-order valence-electron chi connectivity index (χ2n) is 7.82. The lowest BCUT2D eigenvalue weighted by Crippen LogP contribution is -2.23. The first-order chi connectivity index (χ1) is 15.5. The fourth-order valence-electron chi connectivity index (χ4n) is 3.85. The predicted octanol–water partition coefficient (Wildman–Crippen LogP) is 2.93. The van der Waals surface area contributed by atoms with Gasteiger partial charge in [-0.2, -0.15) is 4.98 Å². The van der Waals surface area contributed by atoms with Gasteiger partial charge in [-0.25, -0.2) is 13.4 Å². The zero-order valence-electron chi connectivity index (χ0n) is 18.2. The molecule has 170 valence electrons. The van der Waals surface area contributed by atoms with Crippen LogP contribution in [-0.2, 0) is 21.1 Å². The molecule has 3 aromatic rings. The molecule has 0 aliphatic carbocycles. The highest BCUT2D eigenvalue weighted by Gasteiger charge is 2.31. The van der Waals surface area contributed by atoms with Crippen LogP contribution in [0.1, 0.15) is 30.3 Å². The molecule has 0 bridgehead atoms. The van der Waals surface area contributed by atoms with Gasteiger partial charge in [0.15, 0.2) is 9.84 Å². The topological polar surface area (TPSA) is 110 Å². The molecule has 4 rings (SSSR count). The molecule has 2 aromatic heterocycles. The molecule has 10 heteroatoms. The molecule has 0 unspecified atom stereocenters. The molecule has 9 nitrogen and oxygen atoms in total. The molecule has 0 spiro atoms. The van der Waals surface area contributed by atoms with Crippen molar-refractivity contribution in [1.82, 2.24) is 20.0 Å². The van der Waals surface area contributed by atoms with Gasteiger partial charge in [0.25, 0.3) is 0 Å². The number of ether oxygens (including phenoxy) is 1. The molecule has 1 aromatic carbocycles. The van der Waals surface area contributed by atoms with Crippen molar-refractivity contribution in [1.29, 1.82) is 0 Å². The van der Waals surface area contributed by atoms with Crippen LogP contribution in [0.2, 0.25) is 0 Å². The van der Waals surface area contributed by atoms with Crippen LogP contribution in [0.5, 0.6) is 0 Å². The van der Waals surface area contributed by atoms with Gasteiger partial charge >= 0.3 is 0 Å². The van der Waals surface area contributed by atoms with Gasteiger partial charge in [0.05, 0.1) is 23.1 Å². The number of likely N-dealkylation sites (tertiary alicyclic amines) is 1. The number of methoxy groups -OCH3 is 1. The fraction of sp³-hybridized carbons (Fsp3) is 0.409. The summed E-state index contributed by atoms with van der Waals surface area (Å²) in [6.45, 7) is 2.78. The first kappa shape index (κ1) is 22.4. The van der Waals surface area contributed by atoms with E-state index in [1.807, 2.05) is 24.3 Å². The summed E-state index contributed by atoms with van der Waals surface area (Å²) in [5, 5.41) is 7.45. The Hall–Kier alpha value is -2.82. The van der Waals surface area contributed by atoms with Crippen molar-refractivity contribution in [3.63, 3.8) is 0 Å². The monoisotopic (exact) mass is 457 g/mol. The maximum Gasteiger partial charge on any atom is 0.244 e. The van der Waals surface area contributed by atoms with Crippen LogP contribution in [0.4, 0.5) is 5.82 Å². The van der Waals surface area contributed by atoms with Crippen molar-refractivity contribution in [2.45, 2.75) is 30.3 Å². The van der Waals surface area contributed by atoms with Gasteiger partial charge < -0.3 is 14.6 Å². The minimum Gasteiger partial charge on any atom is -0.383 e. The van der Waals surface area contributed by atoms with Crippen molar-refractivity contribution in [2.75, 3.05) is 38.4 Å². The van der Waals surface area contributed by atoms with Crippen LogP contribution in [0, 0.1) is 0 Å². The Labute approximate surface area is 187 Å². The quantitative estimate of drug-likeness (QED) is 0.485. The largest absolute Gasteiger partial charge is 0.383 e. The molecule has 0 amide bonds. The number of aromatic nitrogens is 3. The van der Waals surface area contributed by atoms with Crippen LogP contribution < -0.4 is 5.32 Å². The van der Waals surface area contributed by atoms with E-state index in [0.717, 1.165) is 30.5 Å². The molecule has 1 atom stereocenters. The van der Waals surface area contributed by atoms with Gasteiger partial charge in [-0.05, 0) is 49.2 Å². The second kappa shape index (κ2) is 9.76. The SMILES string of the molecule is COCCNc1ncccc1-c1noc([C@@H]2CCCN2Cc2ccc(S(C)(=O)=O)cc2)n1. The Balaban J connectivity index is 1.49. The van der Waals surface area contributed by atoms with Crippen LogP contribution in [0.3, 0.4) is 0 Å². The van der Waals surface area contributed by atoms with Crippen LogP contribution >= 0.6 is 0 Å². The lowest BCUT2D eigenvalue weighted by Gasteiger charge is -2.21. The number of nitrogens with zero attached hydrogens (tertiary/aromatic N) is 4. The zero-order valence-corrected chi connectivity index (χ0v) is 19.0. The molecule has 1 aliphatic rings. The Morgan fingerprint density at radius 3 is 2.81 bits per heavy atom. The Morgan fingerprint density at radius 2 is 2.06 bits per heavy atom. The fourth-order valence-corrected chi connectivity index (χ4v) is 4.48. The first-order valence-corrected chi connectivity index (χ1v) is 12.4. The minimum absolute atomic E-state index is 0.0207. The molecule has 3 heterocycles. The summed E-state index contributed by atoms with van der Waals surface area (Å²) in [5.74, 6) is 1.76. The van der Waals surface area contributed by atoms with Gasteiger partial charge in [0.1, 0.15) is 5.82 Å². The third kappa shape index (κ3) is 5.14. The van der Waals surface area contributed by atoms with Gasteiger partial charge in [-0.1, -0.05) is 17.3 Å². The summed E-state index contributed by atoms with van der Waals surface area (Å²) in [7, 11) is -1.55. The van der Waals surface area contributed by atoms with Crippen molar-refractivity contribution in [2.24, 2.45) is 0 Å². The molecule has 1 N–H and O–H groups in total. The van der Waals surface area contributed by atoms with E-state index in [-0.39, 0.29) is 6.04 Å². The third-order valence-electron chi connectivity index (χ3n) is 5.47. The van der Waals surface area contributed by atoms with E-state index in [9.17, 15) is 8.42 Å². The molecule has 1 fully saturated rings. The van der Waals surface area contributed by atoms with E-state index < -0.39 is 9.84 Å². The summed E-state index contributed by atoms with van der Waals surface area (Å²) in [4.78, 5) is 11.7. The number of hydrogen-bond donors (Lipinski definition) is 1. The summed E-state index contributed by atoms with van der Waals surface area (Å²) < 4.78 is 34.1. The van der Waals surface area contributed by atoms with Crippen LogP contribution in [-0.4, -0.2) is 61.5 Å². The Kier molecular flexibility index (Phi) is 6.83. The maximum absolute atomic E-state index is 11.7. The molecule has 1 aliphatic heterocycles. The molecule has 32 heavy (non-hydrogen) atoms. The Morgan fingerprint density at radius 1 is 1.25 bits per heavy atom. The summed E-state index contributed by atoms with van der Waals surface area (Å²) in [5.41, 5.74) is 1.82. The highest BCUT2D eigenvalue weighted by molar-refractivity contribution is 7.90. The number of hydrogen-bond acceptors (Lipinski definition) is 9. The number of pyridine rings is 1. The third-order valence-corrected chi connectivity index (χ3v) is 6.60. The van der Waals surface area contributed by atoms with E-state index in [2.05, 4.69) is 25.3 Å². The highest BCUT2D eigenvalue weighted by Crippen LogP contribution is 2.34. The van der Waals surface area contributed by atoms with E-state index in [0.29, 0.717) is 42.1 Å². The van der Waals surface area contributed by atoms with E-state index in [4.69, 9.17) is 9.26 Å². The van der Waals surface area contributed by atoms with Crippen LogP contribution in [0.25, 0.3) is 11.4 Å². The van der Waals surface area contributed by atoms with Gasteiger partial charge in [-0.3, -0.25) is 4.90 Å². The van der Waals surface area contributed by atoms with Gasteiger partial charge in [0.2, 0.25) is 11.7 Å². The number of sulfone groups is 1. The lowest BCUT2D eigenvalue weighted by molar-refractivity contribution is 0.201. The van der Waals surface area contributed by atoms with Gasteiger partial charge in [0, 0.05) is 32.7 Å². The highest BCUT2D eigenvalue weighted by atomic mass is 32.2. The van der Waals surface area contributed by atoms with Crippen LogP contribution in [0.15, 0.2) is 52.0 Å². The normalized spacial score (nSPS) is 17.0. The molecule has 0 saturated carbocycles. The lowest BCUT2D eigenvalue weighted by atomic mass is 10.2. The average molecular weight is 458 g/mol. The van der Waals surface area contributed by atoms with E-state index >= 15 is 0 Å². The number of anilines is 1. The summed E-state index contributed by atoms with van der Waals surface area (Å²) >= 11 is 0. The Bertz CT molecular complexity index is 1150.